The van der Waals surface area contributed by atoms with Crippen molar-refractivity contribution in [3.63, 3.8) is 0 Å². The molecule has 1 atom stereocenters. The molecule has 0 bridgehead atoms. The number of nitrogens with zero attached hydrogens (tertiary/aromatic N) is 1. The first kappa shape index (κ1) is 14.5. The molecule has 4 heteroatoms. The number of amides is 1. The normalized spacial score (nSPS) is 23.5. The van der Waals surface area contributed by atoms with Crippen LogP contribution in [0, 0.1) is 17.7 Å². The van der Waals surface area contributed by atoms with Gasteiger partial charge in [-0.15, -0.1) is 0 Å². The fourth-order valence-electron chi connectivity index (χ4n) is 3.48. The average molecular weight is 290 g/mol. The van der Waals surface area contributed by atoms with Crippen LogP contribution >= 0.6 is 0 Å². The van der Waals surface area contributed by atoms with Gasteiger partial charge >= 0.3 is 0 Å². The van der Waals surface area contributed by atoms with Gasteiger partial charge in [0.25, 0.3) is 0 Å². The Kier molecular flexibility index (Phi) is 4.54. The molecule has 114 valence electrons. The fraction of sp³-hybridized carbons (Fsp3) is 0.588. The number of hydrogen-bond acceptors (Lipinski definition) is 2. The van der Waals surface area contributed by atoms with Gasteiger partial charge in [0.1, 0.15) is 5.82 Å². The summed E-state index contributed by atoms with van der Waals surface area (Å²) in [5, 5.41) is 3.30. The Labute approximate surface area is 125 Å². The van der Waals surface area contributed by atoms with E-state index in [1.165, 1.54) is 12.1 Å². The third-order valence-corrected chi connectivity index (χ3v) is 4.72. The Bertz CT molecular complexity index is 482. The van der Waals surface area contributed by atoms with Crippen molar-refractivity contribution in [2.45, 2.75) is 25.7 Å². The van der Waals surface area contributed by atoms with E-state index >= 15 is 0 Å². The molecule has 0 aliphatic carbocycles. The van der Waals surface area contributed by atoms with Gasteiger partial charge < -0.3 is 10.2 Å². The number of nitrogens with one attached hydrogen (secondary N) is 1. The van der Waals surface area contributed by atoms with E-state index < -0.39 is 0 Å². The van der Waals surface area contributed by atoms with Crippen LogP contribution in [0.1, 0.15) is 24.8 Å². The highest BCUT2D eigenvalue weighted by Crippen LogP contribution is 2.24. The second kappa shape index (κ2) is 6.56. The molecule has 2 fully saturated rings. The summed E-state index contributed by atoms with van der Waals surface area (Å²) in [6.07, 6.45) is 3.94. The molecule has 3 nitrogen and oxygen atoms in total. The predicted octanol–water partition coefficient (Wildman–Crippen LogP) is 2.22. The average Bonchev–Trinajstić information content (AvgIpc) is 2.98. The van der Waals surface area contributed by atoms with E-state index in [9.17, 15) is 9.18 Å². The van der Waals surface area contributed by atoms with Crippen molar-refractivity contribution >= 4 is 5.91 Å². The molecule has 2 saturated heterocycles. The fourth-order valence-corrected chi connectivity index (χ4v) is 3.48. The van der Waals surface area contributed by atoms with Crippen LogP contribution in [0.25, 0.3) is 0 Å². The van der Waals surface area contributed by atoms with Crippen LogP contribution in [0.15, 0.2) is 24.3 Å². The highest BCUT2D eigenvalue weighted by molar-refractivity contribution is 5.79. The van der Waals surface area contributed by atoms with Crippen LogP contribution in [-0.2, 0) is 11.2 Å². The van der Waals surface area contributed by atoms with Crippen molar-refractivity contribution in [3.05, 3.63) is 35.6 Å². The molecule has 1 amide bonds. The Balaban J connectivity index is 1.52. The zero-order chi connectivity index (χ0) is 14.7. The number of likely N-dealkylation sites (tertiary alicyclic amines) is 1. The van der Waals surface area contributed by atoms with Gasteiger partial charge in [-0.3, -0.25) is 4.79 Å². The summed E-state index contributed by atoms with van der Waals surface area (Å²) >= 11 is 0. The first-order valence-electron chi connectivity index (χ1n) is 7.96. The zero-order valence-electron chi connectivity index (χ0n) is 12.4. The number of rotatable bonds is 3. The van der Waals surface area contributed by atoms with Gasteiger partial charge in [-0.2, -0.15) is 0 Å². The maximum atomic E-state index is 12.9. The van der Waals surface area contributed by atoms with Crippen LogP contribution < -0.4 is 5.32 Å². The molecule has 1 aromatic rings. The lowest BCUT2D eigenvalue weighted by Crippen LogP contribution is -2.40. The number of hydrogen-bond donors (Lipinski definition) is 1. The van der Waals surface area contributed by atoms with Gasteiger partial charge in [0, 0.05) is 19.0 Å². The van der Waals surface area contributed by atoms with E-state index in [2.05, 4.69) is 5.32 Å². The summed E-state index contributed by atoms with van der Waals surface area (Å²) < 4.78 is 12.9. The van der Waals surface area contributed by atoms with Crippen molar-refractivity contribution in [2.24, 2.45) is 11.8 Å². The minimum Gasteiger partial charge on any atom is -0.342 e. The number of halogens is 1. The van der Waals surface area contributed by atoms with E-state index in [-0.39, 0.29) is 11.7 Å². The lowest BCUT2D eigenvalue weighted by molar-refractivity contribution is -0.135. The van der Waals surface area contributed by atoms with Crippen molar-refractivity contribution in [2.75, 3.05) is 26.2 Å². The van der Waals surface area contributed by atoms with Crippen molar-refractivity contribution in [1.82, 2.24) is 10.2 Å². The molecule has 3 rings (SSSR count). The third-order valence-electron chi connectivity index (χ3n) is 4.72. The summed E-state index contributed by atoms with van der Waals surface area (Å²) in [5.41, 5.74) is 1.16. The third kappa shape index (κ3) is 3.62. The maximum absolute atomic E-state index is 12.9. The molecule has 2 aliphatic heterocycles. The number of carbonyl (C=O) groups is 1. The molecule has 21 heavy (non-hydrogen) atoms. The first-order chi connectivity index (χ1) is 10.2. The standard InChI is InChI=1S/C17H23FN2O/c18-16-3-1-13(2-4-16)11-14-7-10-20(12-14)17(21)15-5-8-19-9-6-15/h1-4,14-15,19H,5-12H2. The van der Waals surface area contributed by atoms with Crippen LogP contribution in [-0.4, -0.2) is 37.0 Å². The molecule has 1 aromatic carbocycles. The van der Waals surface area contributed by atoms with Crippen LogP contribution in [0.5, 0.6) is 0 Å². The molecule has 2 heterocycles. The molecule has 1 unspecified atom stereocenters. The maximum Gasteiger partial charge on any atom is 0.225 e. The van der Waals surface area contributed by atoms with Crippen LogP contribution in [0.2, 0.25) is 0 Å². The summed E-state index contributed by atoms with van der Waals surface area (Å²) in [7, 11) is 0. The van der Waals surface area contributed by atoms with Gasteiger partial charge in [0.2, 0.25) is 5.91 Å². The van der Waals surface area contributed by atoms with E-state index in [0.29, 0.717) is 11.8 Å². The lowest BCUT2D eigenvalue weighted by atomic mass is 9.96. The van der Waals surface area contributed by atoms with Gasteiger partial charge in [0.15, 0.2) is 0 Å². The summed E-state index contributed by atoms with van der Waals surface area (Å²) in [5.74, 6) is 0.892. The molecule has 0 radical (unpaired) electrons. The lowest BCUT2D eigenvalue weighted by Gasteiger charge is -2.26. The summed E-state index contributed by atoms with van der Waals surface area (Å²) in [6.45, 7) is 3.67. The zero-order valence-corrected chi connectivity index (χ0v) is 12.4. The van der Waals surface area contributed by atoms with E-state index in [1.807, 2.05) is 17.0 Å². The van der Waals surface area contributed by atoms with Gasteiger partial charge in [0.05, 0.1) is 0 Å². The summed E-state index contributed by atoms with van der Waals surface area (Å²) in [4.78, 5) is 14.5. The predicted molar refractivity (Wildman–Crippen MR) is 80.4 cm³/mol. The SMILES string of the molecule is O=C(C1CCNCC1)N1CCC(Cc2ccc(F)cc2)C1. The second-order valence-corrected chi connectivity index (χ2v) is 6.29. The van der Waals surface area contributed by atoms with Crippen molar-refractivity contribution in [1.29, 1.82) is 0 Å². The number of benzene rings is 1. The molecule has 1 N–H and O–H groups in total. The van der Waals surface area contributed by atoms with Gasteiger partial charge in [-0.05, 0) is 62.4 Å². The van der Waals surface area contributed by atoms with E-state index in [4.69, 9.17) is 0 Å². The monoisotopic (exact) mass is 290 g/mol. The van der Waals surface area contributed by atoms with Crippen molar-refractivity contribution in [3.8, 4) is 0 Å². The Hall–Kier alpha value is -1.42. The topological polar surface area (TPSA) is 32.3 Å². The molecular weight excluding hydrogens is 267 g/mol. The van der Waals surface area contributed by atoms with Gasteiger partial charge in [-0.25, -0.2) is 4.39 Å². The number of carbonyl (C=O) groups excluding carboxylic acids is 1. The van der Waals surface area contributed by atoms with E-state index in [0.717, 1.165) is 57.4 Å². The molecule has 0 saturated carbocycles. The second-order valence-electron chi connectivity index (χ2n) is 6.29. The Morgan fingerprint density at radius 2 is 1.90 bits per heavy atom. The van der Waals surface area contributed by atoms with Crippen molar-refractivity contribution < 1.29 is 9.18 Å². The van der Waals surface area contributed by atoms with E-state index in [1.54, 1.807) is 0 Å². The van der Waals surface area contributed by atoms with Crippen LogP contribution in [0.3, 0.4) is 0 Å². The highest BCUT2D eigenvalue weighted by Gasteiger charge is 2.31. The minimum atomic E-state index is -0.187. The highest BCUT2D eigenvalue weighted by atomic mass is 19.1. The molecular formula is C17H23FN2O. The first-order valence-corrected chi connectivity index (χ1v) is 7.96. The summed E-state index contributed by atoms with van der Waals surface area (Å²) in [6, 6.07) is 6.74. The molecule has 0 aromatic heterocycles. The number of piperidine rings is 1. The Morgan fingerprint density at radius 3 is 2.62 bits per heavy atom. The van der Waals surface area contributed by atoms with Crippen LogP contribution in [0.4, 0.5) is 4.39 Å². The minimum absolute atomic E-state index is 0.187. The van der Waals surface area contributed by atoms with Gasteiger partial charge in [-0.1, -0.05) is 12.1 Å². The quantitative estimate of drug-likeness (QED) is 0.926. The molecule has 0 spiro atoms. The smallest absolute Gasteiger partial charge is 0.225 e. The largest absolute Gasteiger partial charge is 0.342 e. The Morgan fingerprint density at radius 1 is 1.19 bits per heavy atom. The molecule has 2 aliphatic rings.